The van der Waals surface area contributed by atoms with Gasteiger partial charge in [0.05, 0.1) is 12.2 Å². The molecule has 1 saturated carbocycles. The Balaban J connectivity index is 1.48. The molecule has 0 saturated heterocycles. The van der Waals surface area contributed by atoms with Crippen LogP contribution in [0.5, 0.6) is 17.2 Å². The number of rotatable bonds is 7. The van der Waals surface area contributed by atoms with Crippen molar-refractivity contribution in [2.45, 2.75) is 19.3 Å². The number of halogens is 1. The van der Waals surface area contributed by atoms with Gasteiger partial charge in [-0.1, -0.05) is 6.08 Å². The minimum Gasteiger partial charge on any atom is -0.493 e. The van der Waals surface area contributed by atoms with Crippen molar-refractivity contribution in [3.8, 4) is 17.2 Å². The lowest BCUT2D eigenvalue weighted by Gasteiger charge is -2.13. The van der Waals surface area contributed by atoms with Gasteiger partial charge in [0.25, 0.3) is 5.91 Å². The van der Waals surface area contributed by atoms with Crippen LogP contribution in [0.4, 0.5) is 4.39 Å². The standard InChI is InChI=1S/C23H20FNO4/c24-16-6-11-22(21(12-16)23(27)25-17-2-1-3-18(26)13-17)29-20-9-7-19(8-10-20)28-14-15-4-5-15/h1-2,6-13,15H,3-5,14H2,(H,25,27). The Morgan fingerprint density at radius 2 is 1.86 bits per heavy atom. The minimum absolute atomic E-state index is 0.0337. The maximum absolute atomic E-state index is 13.8. The normalized spacial score (nSPS) is 15.6. The predicted molar refractivity (Wildman–Crippen MR) is 105 cm³/mol. The molecule has 0 unspecified atom stereocenters. The quantitative estimate of drug-likeness (QED) is 0.750. The summed E-state index contributed by atoms with van der Waals surface area (Å²) in [5.74, 6) is 0.892. The lowest BCUT2D eigenvalue weighted by Crippen LogP contribution is -2.24. The van der Waals surface area contributed by atoms with E-state index in [1.54, 1.807) is 36.4 Å². The van der Waals surface area contributed by atoms with Crippen LogP contribution in [0.1, 0.15) is 29.6 Å². The van der Waals surface area contributed by atoms with Crippen LogP contribution >= 0.6 is 0 Å². The molecule has 5 nitrogen and oxygen atoms in total. The van der Waals surface area contributed by atoms with Crippen molar-refractivity contribution in [3.63, 3.8) is 0 Å². The lowest BCUT2D eigenvalue weighted by atomic mass is 10.1. The van der Waals surface area contributed by atoms with Crippen LogP contribution < -0.4 is 14.8 Å². The van der Waals surface area contributed by atoms with E-state index in [4.69, 9.17) is 9.47 Å². The van der Waals surface area contributed by atoms with Crippen molar-refractivity contribution in [3.05, 3.63) is 77.8 Å². The zero-order valence-corrected chi connectivity index (χ0v) is 15.7. The molecule has 2 aromatic carbocycles. The Morgan fingerprint density at radius 1 is 1.10 bits per heavy atom. The molecule has 0 heterocycles. The Morgan fingerprint density at radius 3 is 2.59 bits per heavy atom. The number of ether oxygens (including phenoxy) is 2. The van der Waals surface area contributed by atoms with E-state index in [0.717, 1.165) is 18.4 Å². The van der Waals surface area contributed by atoms with Crippen molar-refractivity contribution in [1.29, 1.82) is 0 Å². The summed E-state index contributed by atoms with van der Waals surface area (Å²) in [4.78, 5) is 24.1. The molecule has 0 spiro atoms. The molecule has 4 rings (SSSR count). The second-order valence-electron chi connectivity index (χ2n) is 7.09. The van der Waals surface area contributed by atoms with Crippen LogP contribution in [0, 0.1) is 11.7 Å². The molecule has 0 aromatic heterocycles. The third kappa shape index (κ3) is 5.10. The fourth-order valence-electron chi connectivity index (χ4n) is 2.86. The van der Waals surface area contributed by atoms with Crippen molar-refractivity contribution >= 4 is 11.7 Å². The third-order valence-electron chi connectivity index (χ3n) is 4.61. The summed E-state index contributed by atoms with van der Waals surface area (Å²) >= 11 is 0. The van der Waals surface area contributed by atoms with E-state index in [2.05, 4.69) is 5.32 Å². The molecule has 0 radical (unpaired) electrons. The smallest absolute Gasteiger partial charge is 0.259 e. The SMILES string of the molecule is O=C1C=C(NC(=O)c2cc(F)ccc2Oc2ccc(OCC3CC3)cc2)C=CC1. The largest absolute Gasteiger partial charge is 0.493 e. The molecule has 0 bridgehead atoms. The number of ketones is 1. The molecule has 0 aliphatic heterocycles. The van der Waals surface area contributed by atoms with Gasteiger partial charge in [-0.25, -0.2) is 4.39 Å². The molecule has 2 aliphatic rings. The first-order chi connectivity index (χ1) is 14.1. The molecular formula is C23H20FNO4. The lowest BCUT2D eigenvalue weighted by molar-refractivity contribution is -0.113. The Kier molecular flexibility index (Phi) is 5.42. The third-order valence-corrected chi connectivity index (χ3v) is 4.61. The monoisotopic (exact) mass is 393 g/mol. The van der Waals surface area contributed by atoms with Gasteiger partial charge in [0, 0.05) is 18.2 Å². The van der Waals surface area contributed by atoms with Gasteiger partial charge in [0.15, 0.2) is 5.78 Å². The fraction of sp³-hybridized carbons (Fsp3) is 0.217. The number of carbonyl (C=O) groups is 2. The number of hydrogen-bond donors (Lipinski definition) is 1. The van der Waals surface area contributed by atoms with E-state index in [1.165, 1.54) is 31.1 Å². The fourth-order valence-corrected chi connectivity index (χ4v) is 2.86. The first-order valence-electron chi connectivity index (χ1n) is 9.49. The summed E-state index contributed by atoms with van der Waals surface area (Å²) in [5.41, 5.74) is 0.394. The summed E-state index contributed by atoms with van der Waals surface area (Å²) < 4.78 is 25.3. The summed E-state index contributed by atoms with van der Waals surface area (Å²) in [7, 11) is 0. The molecule has 1 N–H and O–H groups in total. The van der Waals surface area contributed by atoms with E-state index in [9.17, 15) is 14.0 Å². The number of carbonyl (C=O) groups excluding carboxylic acids is 2. The Bertz CT molecular complexity index is 990. The van der Waals surface area contributed by atoms with Crippen LogP contribution in [0.2, 0.25) is 0 Å². The van der Waals surface area contributed by atoms with Gasteiger partial charge >= 0.3 is 0 Å². The van der Waals surface area contributed by atoms with Crippen molar-refractivity contribution in [2.75, 3.05) is 6.61 Å². The topological polar surface area (TPSA) is 64.6 Å². The maximum Gasteiger partial charge on any atom is 0.259 e. The zero-order chi connectivity index (χ0) is 20.2. The van der Waals surface area contributed by atoms with Crippen molar-refractivity contribution in [2.24, 2.45) is 5.92 Å². The van der Waals surface area contributed by atoms with Gasteiger partial charge in [0.1, 0.15) is 23.1 Å². The maximum atomic E-state index is 13.8. The summed E-state index contributed by atoms with van der Waals surface area (Å²) in [5, 5.41) is 2.61. The highest BCUT2D eigenvalue weighted by Crippen LogP contribution is 2.31. The van der Waals surface area contributed by atoms with Crippen molar-refractivity contribution < 1.29 is 23.5 Å². The number of benzene rings is 2. The summed E-state index contributed by atoms with van der Waals surface area (Å²) in [6.07, 6.45) is 7.38. The van der Waals surface area contributed by atoms with Gasteiger partial charge in [-0.05, 0) is 67.3 Å². The van der Waals surface area contributed by atoms with Gasteiger partial charge in [-0.2, -0.15) is 0 Å². The number of nitrogens with one attached hydrogen (secondary N) is 1. The second-order valence-corrected chi connectivity index (χ2v) is 7.09. The number of amides is 1. The summed E-state index contributed by atoms with van der Waals surface area (Å²) in [6.45, 7) is 0.718. The average molecular weight is 393 g/mol. The highest BCUT2D eigenvalue weighted by atomic mass is 19.1. The van der Waals surface area contributed by atoms with Crippen LogP contribution in [-0.4, -0.2) is 18.3 Å². The van der Waals surface area contributed by atoms with Gasteiger partial charge < -0.3 is 14.8 Å². The molecule has 1 fully saturated rings. The highest BCUT2D eigenvalue weighted by molar-refractivity contribution is 6.00. The number of hydrogen-bond acceptors (Lipinski definition) is 4. The van der Waals surface area contributed by atoms with Gasteiger partial charge in [-0.15, -0.1) is 0 Å². The number of allylic oxidation sites excluding steroid dienone is 3. The molecule has 1 amide bonds. The molecule has 0 atom stereocenters. The van der Waals surface area contributed by atoms with E-state index in [1.807, 2.05) is 0 Å². The predicted octanol–water partition coefficient (Wildman–Crippen LogP) is 4.55. The highest BCUT2D eigenvalue weighted by Gasteiger charge is 2.22. The van der Waals surface area contributed by atoms with Crippen molar-refractivity contribution in [1.82, 2.24) is 5.32 Å². The molecule has 6 heteroatoms. The van der Waals surface area contributed by atoms with Gasteiger partial charge in [-0.3, -0.25) is 9.59 Å². The molecule has 148 valence electrons. The first-order valence-corrected chi connectivity index (χ1v) is 9.49. The molecule has 2 aromatic rings. The van der Waals surface area contributed by atoms with Crippen LogP contribution in [-0.2, 0) is 4.79 Å². The van der Waals surface area contributed by atoms with Gasteiger partial charge in [0.2, 0.25) is 0 Å². The van der Waals surface area contributed by atoms with Crippen LogP contribution in [0.3, 0.4) is 0 Å². The molecular weight excluding hydrogens is 373 g/mol. The van der Waals surface area contributed by atoms with Crippen LogP contribution in [0.15, 0.2) is 66.4 Å². The Labute approximate surface area is 167 Å². The van der Waals surface area contributed by atoms with E-state index < -0.39 is 11.7 Å². The first kappa shape index (κ1) is 18.9. The second kappa shape index (κ2) is 8.31. The van der Waals surface area contributed by atoms with Crippen LogP contribution in [0.25, 0.3) is 0 Å². The molecule has 29 heavy (non-hydrogen) atoms. The summed E-state index contributed by atoms with van der Waals surface area (Å²) in [6, 6.07) is 10.8. The minimum atomic E-state index is -0.561. The average Bonchev–Trinajstić information content (AvgIpc) is 3.53. The zero-order valence-electron chi connectivity index (χ0n) is 15.7. The Hall–Kier alpha value is -3.41. The van der Waals surface area contributed by atoms with E-state index >= 15 is 0 Å². The van der Waals surface area contributed by atoms with E-state index in [0.29, 0.717) is 23.8 Å². The molecule has 2 aliphatic carbocycles. The van der Waals surface area contributed by atoms with E-state index in [-0.39, 0.29) is 17.1 Å².